The van der Waals surface area contributed by atoms with Gasteiger partial charge in [0.05, 0.1) is 10.5 Å². The maximum Gasteiger partial charge on any atom is 0.200 e. The number of furan rings is 1. The molecular weight excluding hydrogens is 311 g/mol. The molecule has 1 aliphatic rings. The van der Waals surface area contributed by atoms with Crippen molar-refractivity contribution in [3.8, 4) is 11.3 Å². The van der Waals surface area contributed by atoms with Crippen molar-refractivity contribution < 1.29 is 13.6 Å². The molecule has 4 heteroatoms. The van der Waals surface area contributed by atoms with Crippen molar-refractivity contribution in [1.29, 1.82) is 0 Å². The molecule has 2 nitrogen and oxygen atoms in total. The van der Waals surface area contributed by atoms with Crippen LogP contribution in [0.4, 0.5) is 4.39 Å². The van der Waals surface area contributed by atoms with E-state index in [0.717, 1.165) is 4.90 Å². The average Bonchev–Trinajstić information content (AvgIpc) is 3.14. The predicted octanol–water partition coefficient (Wildman–Crippen LogP) is 5.42. The Morgan fingerprint density at radius 2 is 1.65 bits per heavy atom. The molecule has 3 aromatic rings. The van der Waals surface area contributed by atoms with Crippen LogP contribution in [0.15, 0.2) is 74.9 Å². The average molecular weight is 322 g/mol. The van der Waals surface area contributed by atoms with Gasteiger partial charge in [-0.2, -0.15) is 0 Å². The van der Waals surface area contributed by atoms with E-state index in [9.17, 15) is 9.18 Å². The van der Waals surface area contributed by atoms with Crippen molar-refractivity contribution >= 4 is 23.6 Å². The Bertz CT molecular complexity index is 940. The number of hydrogen-bond donors (Lipinski definition) is 0. The zero-order chi connectivity index (χ0) is 15.8. The normalized spacial score (nSPS) is 15.2. The van der Waals surface area contributed by atoms with Crippen LogP contribution >= 0.6 is 11.8 Å². The number of thioether (sulfide) groups is 1. The molecule has 0 saturated carbocycles. The lowest BCUT2D eigenvalue weighted by Gasteiger charge is -1.98. The van der Waals surface area contributed by atoms with E-state index >= 15 is 0 Å². The van der Waals surface area contributed by atoms with Crippen LogP contribution in [-0.2, 0) is 0 Å². The van der Waals surface area contributed by atoms with Crippen LogP contribution in [0.5, 0.6) is 0 Å². The van der Waals surface area contributed by atoms with Crippen molar-refractivity contribution in [2.45, 2.75) is 4.90 Å². The largest absolute Gasteiger partial charge is 0.457 e. The quantitative estimate of drug-likeness (QED) is 0.591. The Balaban J connectivity index is 1.67. The van der Waals surface area contributed by atoms with E-state index in [2.05, 4.69) is 0 Å². The van der Waals surface area contributed by atoms with Crippen LogP contribution < -0.4 is 0 Å². The number of rotatable bonds is 2. The lowest BCUT2D eigenvalue weighted by molar-refractivity contribution is 0.104. The molecule has 0 N–H and O–H groups in total. The number of carbonyl (C=O) groups excluding carboxylic acids is 1. The van der Waals surface area contributed by atoms with Gasteiger partial charge in [-0.25, -0.2) is 4.39 Å². The van der Waals surface area contributed by atoms with E-state index in [1.165, 1.54) is 17.8 Å². The molecule has 0 saturated heterocycles. The van der Waals surface area contributed by atoms with Crippen molar-refractivity contribution in [2.24, 2.45) is 0 Å². The number of benzene rings is 2. The van der Waals surface area contributed by atoms with E-state index in [-0.39, 0.29) is 11.6 Å². The molecule has 1 aromatic heterocycles. The molecule has 0 aliphatic carbocycles. The molecule has 0 bridgehead atoms. The number of allylic oxidation sites excluding steroid dienone is 1. The van der Waals surface area contributed by atoms with Gasteiger partial charge in [0.25, 0.3) is 0 Å². The summed E-state index contributed by atoms with van der Waals surface area (Å²) in [4.78, 5) is 13.9. The summed E-state index contributed by atoms with van der Waals surface area (Å²) in [6.07, 6.45) is 1.71. The third-order valence-corrected chi connectivity index (χ3v) is 4.71. The smallest absolute Gasteiger partial charge is 0.200 e. The lowest BCUT2D eigenvalue weighted by Crippen LogP contribution is -1.93. The first-order chi connectivity index (χ1) is 11.2. The highest BCUT2D eigenvalue weighted by atomic mass is 32.2. The van der Waals surface area contributed by atoms with Crippen molar-refractivity contribution in [1.82, 2.24) is 0 Å². The maximum atomic E-state index is 13.8. The third kappa shape index (κ3) is 2.51. The van der Waals surface area contributed by atoms with Crippen molar-refractivity contribution in [3.05, 3.63) is 82.7 Å². The van der Waals surface area contributed by atoms with E-state index in [1.807, 2.05) is 24.3 Å². The standard InChI is InChI=1S/C19H11FO2S/c20-15-7-3-1-5-13(15)16-10-9-12(22-16)11-18-19(21)14-6-2-4-8-17(14)23-18/h1-11H/b18-11-. The van der Waals surface area contributed by atoms with Crippen LogP contribution in [0.1, 0.15) is 16.1 Å². The van der Waals surface area contributed by atoms with E-state index < -0.39 is 0 Å². The Kier molecular flexibility index (Phi) is 3.39. The molecule has 0 unspecified atom stereocenters. The summed E-state index contributed by atoms with van der Waals surface area (Å²) < 4.78 is 19.5. The number of hydrogen-bond acceptors (Lipinski definition) is 3. The molecule has 0 fully saturated rings. The first-order valence-electron chi connectivity index (χ1n) is 7.10. The van der Waals surface area contributed by atoms with Gasteiger partial charge in [-0.1, -0.05) is 36.0 Å². The number of halogens is 1. The van der Waals surface area contributed by atoms with E-state index in [4.69, 9.17) is 4.42 Å². The fourth-order valence-electron chi connectivity index (χ4n) is 2.50. The highest BCUT2D eigenvalue weighted by Gasteiger charge is 2.25. The minimum absolute atomic E-state index is 0.00515. The third-order valence-electron chi connectivity index (χ3n) is 3.61. The van der Waals surface area contributed by atoms with Gasteiger partial charge in [0.2, 0.25) is 5.78 Å². The van der Waals surface area contributed by atoms with Crippen LogP contribution in [0.25, 0.3) is 17.4 Å². The molecule has 2 aromatic carbocycles. The van der Waals surface area contributed by atoms with Crippen LogP contribution in [-0.4, -0.2) is 5.78 Å². The Morgan fingerprint density at radius 3 is 2.43 bits per heavy atom. The number of ketones is 1. The SMILES string of the molecule is O=C1/C(=C/c2ccc(-c3ccccc3F)o2)Sc2ccccc21. The summed E-state index contributed by atoms with van der Waals surface area (Å²) >= 11 is 1.42. The fraction of sp³-hybridized carbons (Fsp3) is 0. The molecule has 23 heavy (non-hydrogen) atoms. The Morgan fingerprint density at radius 1 is 0.913 bits per heavy atom. The molecule has 0 atom stereocenters. The molecule has 2 heterocycles. The van der Waals surface area contributed by atoms with Crippen LogP contribution in [0.3, 0.4) is 0 Å². The second-order valence-electron chi connectivity index (χ2n) is 5.12. The number of carbonyl (C=O) groups is 1. The van der Waals surface area contributed by atoms with Gasteiger partial charge >= 0.3 is 0 Å². The molecule has 112 valence electrons. The minimum atomic E-state index is -0.334. The van der Waals surface area contributed by atoms with E-state index in [1.54, 1.807) is 36.4 Å². The minimum Gasteiger partial charge on any atom is -0.457 e. The van der Waals surface area contributed by atoms with Gasteiger partial charge in [0.15, 0.2) is 0 Å². The zero-order valence-electron chi connectivity index (χ0n) is 12.0. The monoisotopic (exact) mass is 322 g/mol. The molecule has 1 aliphatic heterocycles. The molecule has 0 radical (unpaired) electrons. The van der Waals surface area contributed by atoms with Gasteiger partial charge < -0.3 is 4.42 Å². The Hall–Kier alpha value is -2.59. The van der Waals surface area contributed by atoms with Gasteiger partial charge in [-0.15, -0.1) is 0 Å². The van der Waals surface area contributed by atoms with Crippen molar-refractivity contribution in [2.75, 3.05) is 0 Å². The maximum absolute atomic E-state index is 13.8. The summed E-state index contributed by atoms with van der Waals surface area (Å²) in [7, 11) is 0. The summed E-state index contributed by atoms with van der Waals surface area (Å²) in [6, 6.07) is 17.4. The summed E-state index contributed by atoms with van der Waals surface area (Å²) in [5.74, 6) is 0.643. The summed E-state index contributed by atoms with van der Waals surface area (Å²) in [5.41, 5.74) is 1.12. The summed E-state index contributed by atoms with van der Waals surface area (Å²) in [6.45, 7) is 0. The van der Waals surface area contributed by atoms with E-state index in [0.29, 0.717) is 27.6 Å². The Labute approximate surface area is 136 Å². The summed E-state index contributed by atoms with van der Waals surface area (Å²) in [5, 5.41) is 0. The second kappa shape index (κ2) is 5.56. The van der Waals surface area contributed by atoms with Gasteiger partial charge in [-0.05, 0) is 42.5 Å². The highest BCUT2D eigenvalue weighted by molar-refractivity contribution is 8.04. The molecule has 0 amide bonds. The number of fused-ring (bicyclic) bond motifs is 1. The number of Topliss-reactive ketones (excluding diaryl/α,β-unsaturated/α-hetero) is 1. The second-order valence-corrected chi connectivity index (χ2v) is 6.20. The van der Waals surface area contributed by atoms with Crippen LogP contribution in [0.2, 0.25) is 0 Å². The topological polar surface area (TPSA) is 30.2 Å². The molecule has 0 spiro atoms. The zero-order valence-corrected chi connectivity index (χ0v) is 12.8. The van der Waals surface area contributed by atoms with Crippen LogP contribution in [0, 0.1) is 5.82 Å². The fourth-order valence-corrected chi connectivity index (χ4v) is 3.53. The van der Waals surface area contributed by atoms with Gasteiger partial charge in [-0.3, -0.25) is 4.79 Å². The first kappa shape index (κ1) is 14.0. The van der Waals surface area contributed by atoms with Crippen molar-refractivity contribution in [3.63, 3.8) is 0 Å². The highest BCUT2D eigenvalue weighted by Crippen LogP contribution is 2.40. The van der Waals surface area contributed by atoms with Gasteiger partial charge in [0, 0.05) is 10.5 Å². The molecule has 4 rings (SSSR count). The predicted molar refractivity (Wildman–Crippen MR) is 88.7 cm³/mol. The van der Waals surface area contributed by atoms with Gasteiger partial charge in [0.1, 0.15) is 17.3 Å². The first-order valence-corrected chi connectivity index (χ1v) is 7.92. The lowest BCUT2D eigenvalue weighted by atomic mass is 10.1. The molecular formula is C19H11FO2S.